The minimum atomic E-state index is -2.72. The summed E-state index contributed by atoms with van der Waals surface area (Å²) in [6.45, 7) is 0.917. The average molecular weight is 415 g/mol. The number of hydrogen-bond acceptors (Lipinski definition) is 6. The molecule has 0 bridgehead atoms. The van der Waals surface area contributed by atoms with Crippen LogP contribution in [0.5, 0.6) is 0 Å². The Kier molecular flexibility index (Phi) is 5.39. The lowest BCUT2D eigenvalue weighted by Crippen LogP contribution is -2.39. The zero-order valence-corrected chi connectivity index (χ0v) is 16.2. The Morgan fingerprint density at radius 2 is 1.93 bits per heavy atom. The highest BCUT2D eigenvalue weighted by Crippen LogP contribution is 2.29. The number of halogens is 2. The Morgan fingerprint density at radius 3 is 2.63 bits per heavy atom. The highest BCUT2D eigenvalue weighted by molar-refractivity contribution is 5.96. The molecular formula is C20H19F2N5O3. The summed E-state index contributed by atoms with van der Waals surface area (Å²) in [6.07, 6.45) is -0.0802. The second-order valence-corrected chi connectivity index (χ2v) is 7.04. The van der Waals surface area contributed by atoms with Gasteiger partial charge in [-0.05, 0) is 43.2 Å². The molecule has 2 aromatic heterocycles. The Morgan fingerprint density at radius 1 is 1.20 bits per heavy atom. The van der Waals surface area contributed by atoms with E-state index < -0.39 is 12.4 Å². The summed E-state index contributed by atoms with van der Waals surface area (Å²) in [5.41, 5.74) is 1.01. The van der Waals surface area contributed by atoms with Crippen molar-refractivity contribution in [3.63, 3.8) is 0 Å². The van der Waals surface area contributed by atoms with E-state index in [4.69, 9.17) is 0 Å². The third-order valence-electron chi connectivity index (χ3n) is 5.20. The maximum absolute atomic E-state index is 13.4. The fourth-order valence-corrected chi connectivity index (χ4v) is 3.67. The zero-order valence-electron chi connectivity index (χ0n) is 16.2. The number of esters is 1. The fourth-order valence-electron chi connectivity index (χ4n) is 3.67. The number of likely N-dealkylation sites (tertiary alicyclic amines) is 1. The Bertz CT molecular complexity index is 1080. The first-order chi connectivity index (χ1) is 14.5. The Labute approximate surface area is 170 Å². The van der Waals surface area contributed by atoms with Crippen LogP contribution in [-0.4, -0.2) is 56.6 Å². The third-order valence-corrected chi connectivity index (χ3v) is 5.20. The van der Waals surface area contributed by atoms with Crippen molar-refractivity contribution >= 4 is 17.7 Å². The minimum Gasteiger partial charge on any atom is -0.465 e. The van der Waals surface area contributed by atoms with Crippen molar-refractivity contribution in [1.29, 1.82) is 0 Å². The van der Waals surface area contributed by atoms with Crippen LogP contribution >= 0.6 is 0 Å². The summed E-state index contributed by atoms with van der Waals surface area (Å²) in [5.74, 6) is -0.730. The predicted molar refractivity (Wildman–Crippen MR) is 101 cm³/mol. The monoisotopic (exact) mass is 415 g/mol. The molecule has 0 radical (unpaired) electrons. The van der Waals surface area contributed by atoms with E-state index >= 15 is 0 Å². The minimum absolute atomic E-state index is 0.115. The number of fused-ring (bicyclic) bond motifs is 1. The van der Waals surface area contributed by atoms with E-state index in [-0.39, 0.29) is 23.3 Å². The maximum atomic E-state index is 13.4. The SMILES string of the molecule is COC(=O)c1ccc(C(=O)N2CCCC(c3cc(C(F)F)n4ncnc4n3)C2)cc1. The van der Waals surface area contributed by atoms with E-state index in [1.165, 1.54) is 31.6 Å². The Hall–Kier alpha value is -3.43. The van der Waals surface area contributed by atoms with Crippen LogP contribution in [0, 0.1) is 0 Å². The van der Waals surface area contributed by atoms with Crippen molar-refractivity contribution in [2.75, 3.05) is 20.2 Å². The number of ether oxygens (including phenoxy) is 1. The highest BCUT2D eigenvalue weighted by atomic mass is 19.3. The van der Waals surface area contributed by atoms with E-state index in [0.29, 0.717) is 29.9 Å². The van der Waals surface area contributed by atoms with Crippen molar-refractivity contribution in [2.45, 2.75) is 25.2 Å². The molecule has 1 unspecified atom stereocenters. The van der Waals surface area contributed by atoms with E-state index in [2.05, 4.69) is 19.8 Å². The topological polar surface area (TPSA) is 89.7 Å². The Balaban J connectivity index is 1.55. The molecule has 0 saturated carbocycles. The molecule has 30 heavy (non-hydrogen) atoms. The molecule has 10 heteroatoms. The molecule has 4 rings (SSSR count). The summed E-state index contributed by atoms with van der Waals surface area (Å²) in [5, 5.41) is 3.80. The number of carbonyl (C=O) groups is 2. The molecule has 8 nitrogen and oxygen atoms in total. The number of carbonyl (C=O) groups excluding carboxylic acids is 2. The molecule has 0 N–H and O–H groups in total. The molecule has 1 amide bonds. The number of benzene rings is 1. The van der Waals surface area contributed by atoms with E-state index in [0.717, 1.165) is 17.4 Å². The van der Waals surface area contributed by atoms with Gasteiger partial charge in [-0.1, -0.05) is 0 Å². The molecule has 1 atom stereocenters. The lowest BCUT2D eigenvalue weighted by atomic mass is 9.93. The lowest BCUT2D eigenvalue weighted by molar-refractivity contribution is 0.0599. The van der Waals surface area contributed by atoms with Crippen LogP contribution in [0.3, 0.4) is 0 Å². The number of piperidine rings is 1. The second kappa shape index (κ2) is 8.13. The second-order valence-electron chi connectivity index (χ2n) is 7.04. The molecule has 3 aromatic rings. The van der Waals surface area contributed by atoms with Crippen LogP contribution in [-0.2, 0) is 4.74 Å². The van der Waals surface area contributed by atoms with Gasteiger partial charge in [0.05, 0.1) is 18.4 Å². The van der Waals surface area contributed by atoms with Gasteiger partial charge in [-0.3, -0.25) is 4.79 Å². The van der Waals surface area contributed by atoms with Gasteiger partial charge in [0.25, 0.3) is 18.1 Å². The van der Waals surface area contributed by atoms with Gasteiger partial charge in [0.2, 0.25) is 0 Å². The van der Waals surface area contributed by atoms with Crippen molar-refractivity contribution in [1.82, 2.24) is 24.5 Å². The lowest BCUT2D eigenvalue weighted by Gasteiger charge is -2.32. The van der Waals surface area contributed by atoms with Gasteiger partial charge < -0.3 is 9.64 Å². The summed E-state index contributed by atoms with van der Waals surface area (Å²) >= 11 is 0. The van der Waals surface area contributed by atoms with Gasteiger partial charge in [0.15, 0.2) is 0 Å². The number of methoxy groups -OCH3 is 1. The smallest absolute Gasteiger partial charge is 0.337 e. The third kappa shape index (κ3) is 3.72. The quantitative estimate of drug-likeness (QED) is 0.609. The highest BCUT2D eigenvalue weighted by Gasteiger charge is 2.28. The molecule has 1 aliphatic rings. The molecule has 1 aliphatic heterocycles. The van der Waals surface area contributed by atoms with Gasteiger partial charge in [-0.2, -0.15) is 14.6 Å². The number of nitrogens with zero attached hydrogens (tertiary/aromatic N) is 5. The van der Waals surface area contributed by atoms with E-state index in [1.54, 1.807) is 17.0 Å². The molecular weight excluding hydrogens is 396 g/mol. The first-order valence-corrected chi connectivity index (χ1v) is 9.44. The van der Waals surface area contributed by atoms with Crippen molar-refractivity contribution < 1.29 is 23.1 Å². The predicted octanol–water partition coefficient (Wildman–Crippen LogP) is 2.87. The first-order valence-electron chi connectivity index (χ1n) is 9.44. The molecule has 1 fully saturated rings. The number of rotatable bonds is 4. The number of alkyl halides is 2. The molecule has 3 heterocycles. The standard InChI is InChI=1S/C20H19F2N5O3/c1-30-19(29)13-6-4-12(5-7-13)18(28)26-8-2-3-14(10-26)15-9-16(17(21)22)27-20(25-15)23-11-24-27/h4-7,9,11,14,17H,2-3,8,10H2,1H3. The number of aromatic nitrogens is 4. The summed E-state index contributed by atoms with van der Waals surface area (Å²) in [6, 6.07) is 7.57. The maximum Gasteiger partial charge on any atom is 0.337 e. The van der Waals surface area contributed by atoms with Crippen LogP contribution in [0.2, 0.25) is 0 Å². The molecule has 0 aliphatic carbocycles. The van der Waals surface area contributed by atoms with Crippen LogP contribution in [0.4, 0.5) is 8.78 Å². The molecule has 156 valence electrons. The first kappa shape index (κ1) is 19.9. The average Bonchev–Trinajstić information content (AvgIpc) is 3.26. The fraction of sp³-hybridized carbons (Fsp3) is 0.350. The molecule has 0 spiro atoms. The largest absolute Gasteiger partial charge is 0.465 e. The molecule has 1 saturated heterocycles. The van der Waals surface area contributed by atoms with E-state index in [9.17, 15) is 18.4 Å². The van der Waals surface area contributed by atoms with Gasteiger partial charge >= 0.3 is 5.97 Å². The van der Waals surface area contributed by atoms with Gasteiger partial charge in [0.1, 0.15) is 12.0 Å². The van der Waals surface area contributed by atoms with Crippen molar-refractivity contribution in [3.05, 3.63) is 59.2 Å². The van der Waals surface area contributed by atoms with Crippen molar-refractivity contribution in [3.8, 4) is 0 Å². The van der Waals surface area contributed by atoms with Crippen LogP contribution in [0.25, 0.3) is 5.78 Å². The van der Waals surface area contributed by atoms with Gasteiger partial charge in [0, 0.05) is 24.6 Å². The van der Waals surface area contributed by atoms with Crippen LogP contribution in [0.15, 0.2) is 36.7 Å². The summed E-state index contributed by atoms with van der Waals surface area (Å²) < 4.78 is 32.6. The van der Waals surface area contributed by atoms with E-state index in [1.807, 2.05) is 0 Å². The zero-order chi connectivity index (χ0) is 21.3. The number of amides is 1. The van der Waals surface area contributed by atoms with Crippen molar-refractivity contribution in [2.24, 2.45) is 0 Å². The normalized spacial score (nSPS) is 16.8. The van der Waals surface area contributed by atoms with Crippen LogP contribution in [0.1, 0.15) is 57.3 Å². The van der Waals surface area contributed by atoms with Gasteiger partial charge in [-0.25, -0.2) is 18.6 Å². The molecule has 1 aromatic carbocycles. The summed E-state index contributed by atoms with van der Waals surface area (Å²) in [4.78, 5) is 34.5. The summed E-state index contributed by atoms with van der Waals surface area (Å²) in [7, 11) is 1.29. The van der Waals surface area contributed by atoms with Gasteiger partial charge in [-0.15, -0.1) is 0 Å². The van der Waals surface area contributed by atoms with Crippen LogP contribution < -0.4 is 0 Å². The number of hydrogen-bond donors (Lipinski definition) is 0.